The quantitative estimate of drug-likeness (QED) is 0.425. The zero-order chi connectivity index (χ0) is 14.3. The maximum absolute atomic E-state index is 6.11. The third-order valence-electron chi connectivity index (χ3n) is 3.59. The summed E-state index contributed by atoms with van der Waals surface area (Å²) in [5.74, 6) is 1.95. The van der Waals surface area contributed by atoms with Crippen LogP contribution in [0.2, 0.25) is 0 Å². The number of ether oxygens (including phenoxy) is 1. The summed E-state index contributed by atoms with van der Waals surface area (Å²) in [4.78, 5) is 3.93. The van der Waals surface area contributed by atoms with Crippen molar-refractivity contribution in [1.29, 1.82) is 0 Å². The van der Waals surface area contributed by atoms with Crippen LogP contribution in [0.1, 0.15) is 0 Å². The highest BCUT2D eigenvalue weighted by molar-refractivity contribution is 14.2. The minimum atomic E-state index is -1.29. The summed E-state index contributed by atoms with van der Waals surface area (Å²) in [7, 11) is -1.29. The number of hydrogen-bond donors (Lipinski definition) is 0. The van der Waals surface area contributed by atoms with Gasteiger partial charge in [0.25, 0.3) is 0 Å². The highest BCUT2D eigenvalue weighted by Gasteiger charge is 2.36. The van der Waals surface area contributed by atoms with Crippen molar-refractivity contribution in [3.63, 3.8) is 0 Å². The van der Waals surface area contributed by atoms with Crippen molar-refractivity contribution in [3.8, 4) is 11.5 Å². The van der Waals surface area contributed by atoms with Crippen LogP contribution in [-0.4, -0.2) is 0 Å². The van der Waals surface area contributed by atoms with E-state index in [4.69, 9.17) is 4.74 Å². The molecule has 0 N–H and O–H groups in total. The largest absolute Gasteiger partial charge is 0.455 e. The van der Waals surface area contributed by atoms with E-state index < -0.39 is 7.20 Å². The van der Waals surface area contributed by atoms with Crippen LogP contribution >= 0.6 is 28.4 Å². The second-order valence-corrected chi connectivity index (χ2v) is 11.2. The van der Waals surface area contributed by atoms with Gasteiger partial charge in [0.2, 0.25) is 0 Å². The first kappa shape index (κ1) is 13.2. The fraction of sp³-hybridized carbons (Fsp3) is 0. The van der Waals surface area contributed by atoms with Crippen LogP contribution in [0.15, 0.2) is 93.5 Å². The Morgan fingerprint density at radius 1 is 0.619 bits per heavy atom. The van der Waals surface area contributed by atoms with Gasteiger partial charge in [-0.3, -0.25) is 0 Å². The molecule has 0 atom stereocenters. The Morgan fingerprint density at radius 2 is 1.10 bits per heavy atom. The lowest BCUT2D eigenvalue weighted by atomic mass is 10.3. The van der Waals surface area contributed by atoms with Gasteiger partial charge in [-0.1, -0.05) is 49.7 Å². The predicted octanol–water partition coefficient (Wildman–Crippen LogP) is 6.42. The van der Waals surface area contributed by atoms with Crippen LogP contribution in [0.3, 0.4) is 0 Å². The number of para-hydroxylation sites is 2. The molecule has 0 aliphatic carbocycles. The van der Waals surface area contributed by atoms with Gasteiger partial charge in [-0.25, -0.2) is 0 Å². The molecule has 104 valence electrons. The summed E-state index contributed by atoms with van der Waals surface area (Å²) in [5.41, 5.74) is 0. The number of halogens is 1. The van der Waals surface area contributed by atoms with Crippen molar-refractivity contribution >= 4 is 28.4 Å². The van der Waals surface area contributed by atoms with Gasteiger partial charge in [0.05, 0.1) is 0 Å². The molecule has 0 saturated carbocycles. The molecule has 4 rings (SSSR count). The summed E-state index contributed by atoms with van der Waals surface area (Å²) in [5, 5.41) is 0. The lowest BCUT2D eigenvalue weighted by Crippen LogP contribution is -2.05. The first-order chi connectivity index (χ1) is 10.3. The monoisotopic (exact) mass is 404 g/mol. The van der Waals surface area contributed by atoms with Gasteiger partial charge >= 0.3 is 0 Å². The average Bonchev–Trinajstić information content (AvgIpc) is 2.56. The molecule has 0 fully saturated rings. The fourth-order valence-electron chi connectivity index (χ4n) is 2.63. The van der Waals surface area contributed by atoms with Gasteiger partial charge < -0.3 is 4.74 Å². The molecule has 1 heterocycles. The fourth-order valence-corrected chi connectivity index (χ4v) is 8.28. The molecule has 1 aliphatic heterocycles. The van der Waals surface area contributed by atoms with E-state index >= 15 is 0 Å². The van der Waals surface area contributed by atoms with E-state index in [0.717, 1.165) is 11.5 Å². The first-order valence-corrected chi connectivity index (χ1v) is 10.9. The molecule has 0 aromatic heterocycles. The minimum absolute atomic E-state index is 0.976. The number of hydrogen-bond acceptors (Lipinski definition) is 1. The number of fused-ring (bicyclic) bond motifs is 2. The van der Waals surface area contributed by atoms with Gasteiger partial charge in [-0.15, -0.1) is 0 Å². The smallest absolute Gasteiger partial charge is 0.140 e. The van der Waals surface area contributed by atoms with Crippen LogP contribution in [0, 0.1) is 0 Å². The zero-order valence-electron chi connectivity index (χ0n) is 11.2. The second kappa shape index (κ2) is 5.07. The number of rotatable bonds is 1. The molecule has 3 heteroatoms. The highest BCUT2D eigenvalue weighted by atomic mass is 127. The molecular formula is C18H13IOS. The zero-order valence-corrected chi connectivity index (χ0v) is 14.2. The van der Waals surface area contributed by atoms with E-state index in [1.165, 1.54) is 14.7 Å². The Morgan fingerprint density at radius 3 is 1.67 bits per heavy atom. The van der Waals surface area contributed by atoms with E-state index in [0.29, 0.717) is 0 Å². The van der Waals surface area contributed by atoms with Crippen LogP contribution < -0.4 is 4.74 Å². The molecule has 3 aromatic carbocycles. The SMILES string of the molecule is IS1(c2ccccc2)c2ccccc2Oc2ccccc21. The van der Waals surface area contributed by atoms with Crippen LogP contribution in [0.25, 0.3) is 0 Å². The van der Waals surface area contributed by atoms with Crippen molar-refractivity contribution in [3.05, 3.63) is 78.9 Å². The molecule has 0 radical (unpaired) electrons. The summed E-state index contributed by atoms with van der Waals surface area (Å²) in [6.45, 7) is 0. The lowest BCUT2D eigenvalue weighted by Gasteiger charge is -2.40. The minimum Gasteiger partial charge on any atom is -0.455 e. The Bertz CT molecular complexity index is 756. The first-order valence-electron chi connectivity index (χ1n) is 6.74. The van der Waals surface area contributed by atoms with E-state index in [1.807, 2.05) is 12.1 Å². The summed E-state index contributed by atoms with van der Waals surface area (Å²) in [6, 6.07) is 27.5. The number of benzene rings is 3. The highest BCUT2D eigenvalue weighted by Crippen LogP contribution is 2.79. The standard InChI is InChI=1S/C18H13IOS/c19-21(14-8-2-1-3-9-14)17-12-6-4-10-15(17)20-16-11-5-7-13-18(16)21/h1-13H. The van der Waals surface area contributed by atoms with Gasteiger partial charge in [-0.05, 0) is 57.6 Å². The topological polar surface area (TPSA) is 9.23 Å². The van der Waals surface area contributed by atoms with Gasteiger partial charge in [0.1, 0.15) is 11.5 Å². The Kier molecular flexibility index (Phi) is 3.19. The van der Waals surface area contributed by atoms with Crippen molar-refractivity contribution in [2.24, 2.45) is 0 Å². The molecule has 0 amide bonds. The molecule has 0 bridgehead atoms. The van der Waals surface area contributed by atoms with Crippen molar-refractivity contribution in [2.45, 2.75) is 14.7 Å². The van der Waals surface area contributed by atoms with Crippen molar-refractivity contribution in [1.82, 2.24) is 0 Å². The van der Waals surface area contributed by atoms with E-state index in [-0.39, 0.29) is 0 Å². The summed E-state index contributed by atoms with van der Waals surface area (Å²) in [6.07, 6.45) is 0. The van der Waals surface area contributed by atoms with Crippen molar-refractivity contribution < 1.29 is 4.74 Å². The molecule has 0 spiro atoms. The van der Waals surface area contributed by atoms with Gasteiger partial charge in [-0.2, -0.15) is 0 Å². The molecule has 3 aromatic rings. The third kappa shape index (κ3) is 1.99. The molecule has 0 unspecified atom stereocenters. The van der Waals surface area contributed by atoms with Crippen LogP contribution in [-0.2, 0) is 0 Å². The molecule has 0 saturated heterocycles. The Labute approximate surface area is 137 Å². The van der Waals surface area contributed by atoms with E-state index in [1.54, 1.807) is 0 Å². The van der Waals surface area contributed by atoms with Crippen LogP contribution in [0.5, 0.6) is 11.5 Å². The predicted molar refractivity (Wildman–Crippen MR) is 95.8 cm³/mol. The summed E-state index contributed by atoms with van der Waals surface area (Å²) < 4.78 is 6.11. The molecular weight excluding hydrogens is 391 g/mol. The van der Waals surface area contributed by atoms with E-state index in [9.17, 15) is 0 Å². The maximum atomic E-state index is 6.11. The van der Waals surface area contributed by atoms with Crippen LogP contribution in [0.4, 0.5) is 0 Å². The summed E-state index contributed by atoms with van der Waals surface area (Å²) >= 11 is 2.64. The second-order valence-electron chi connectivity index (χ2n) is 4.85. The lowest BCUT2D eigenvalue weighted by molar-refractivity contribution is 0.453. The van der Waals surface area contributed by atoms with E-state index in [2.05, 4.69) is 87.9 Å². The van der Waals surface area contributed by atoms with Gasteiger partial charge in [0, 0.05) is 14.7 Å². The average molecular weight is 404 g/mol. The third-order valence-corrected chi connectivity index (χ3v) is 10.8. The normalized spacial score (nSPS) is 16.2. The maximum Gasteiger partial charge on any atom is 0.140 e. The molecule has 1 aliphatic rings. The molecule has 1 nitrogen and oxygen atoms in total. The Hall–Kier alpha value is -1.46. The Balaban J connectivity index is 2.06. The van der Waals surface area contributed by atoms with Gasteiger partial charge in [0.15, 0.2) is 0 Å². The van der Waals surface area contributed by atoms with Crippen molar-refractivity contribution in [2.75, 3.05) is 0 Å². The molecule has 21 heavy (non-hydrogen) atoms.